The van der Waals surface area contributed by atoms with Crippen molar-refractivity contribution in [1.82, 2.24) is 5.32 Å². The maximum absolute atomic E-state index is 11.6. The van der Waals surface area contributed by atoms with Crippen LogP contribution in [0.4, 0.5) is 27.5 Å². The molecule has 0 saturated heterocycles. The van der Waals surface area contributed by atoms with Crippen molar-refractivity contribution in [3.63, 3.8) is 0 Å². The summed E-state index contributed by atoms with van der Waals surface area (Å²) in [4.78, 5) is 11.6. The quantitative estimate of drug-likeness (QED) is 0.616. The molecule has 0 spiro atoms. The lowest BCUT2D eigenvalue weighted by Gasteiger charge is -2.23. The molecule has 0 aromatic heterocycles. The van der Waals surface area contributed by atoms with Gasteiger partial charge in [-0.3, -0.25) is 0 Å². The third kappa shape index (κ3) is 3.92. The predicted octanol–water partition coefficient (Wildman–Crippen LogP) is 6.64. The molecule has 1 saturated carbocycles. The first-order valence-electron chi connectivity index (χ1n) is 8.99. The maximum atomic E-state index is 11.6. The van der Waals surface area contributed by atoms with Gasteiger partial charge in [-0.1, -0.05) is 55.3 Å². The Kier molecular flexibility index (Phi) is 4.96. The molecule has 6 heteroatoms. The Labute approximate surface area is 163 Å². The predicted molar refractivity (Wildman–Crippen MR) is 107 cm³/mol. The number of benzene rings is 2. The fourth-order valence-electron chi connectivity index (χ4n) is 3.85. The second-order valence-corrected chi connectivity index (χ2v) is 7.93. The lowest BCUT2D eigenvalue weighted by atomic mass is 9.84. The first kappa shape index (κ1) is 17.5. The molecule has 1 heterocycles. The van der Waals surface area contributed by atoms with Crippen LogP contribution in [0.3, 0.4) is 0 Å². The largest absolute Gasteiger partial charge is 0.355 e. The molecule has 2 amide bonds. The summed E-state index contributed by atoms with van der Waals surface area (Å²) in [5.74, 6) is 0.680. The zero-order valence-corrected chi connectivity index (χ0v) is 15.8. The number of halogens is 2. The SMILES string of the molecule is O=C1[N]c2cc(Nc3cc(Cl)cc(Cl)c3)c(CC3CCCCC3)cc2N1. The van der Waals surface area contributed by atoms with E-state index in [1.807, 2.05) is 24.3 Å². The minimum absolute atomic E-state index is 0.313. The van der Waals surface area contributed by atoms with E-state index in [-0.39, 0.29) is 6.03 Å². The molecular formula is C20H20Cl2N3O. The van der Waals surface area contributed by atoms with E-state index in [1.165, 1.54) is 37.7 Å². The topological polar surface area (TPSA) is 55.2 Å². The van der Waals surface area contributed by atoms with Crippen molar-refractivity contribution in [3.05, 3.63) is 45.9 Å². The molecule has 1 aliphatic heterocycles. The van der Waals surface area contributed by atoms with E-state index >= 15 is 0 Å². The van der Waals surface area contributed by atoms with Crippen molar-refractivity contribution in [3.8, 4) is 0 Å². The van der Waals surface area contributed by atoms with Gasteiger partial charge in [0.2, 0.25) is 0 Å². The number of urea groups is 1. The number of fused-ring (bicyclic) bond motifs is 1. The minimum Gasteiger partial charge on any atom is -0.355 e. The van der Waals surface area contributed by atoms with E-state index in [9.17, 15) is 4.79 Å². The normalized spacial score (nSPS) is 16.8. The molecule has 0 bridgehead atoms. The average Bonchev–Trinajstić information content (AvgIpc) is 2.94. The van der Waals surface area contributed by atoms with Crippen molar-refractivity contribution in [2.45, 2.75) is 38.5 Å². The maximum Gasteiger partial charge on any atom is 0.346 e. The molecule has 26 heavy (non-hydrogen) atoms. The summed E-state index contributed by atoms with van der Waals surface area (Å²) >= 11 is 12.3. The van der Waals surface area contributed by atoms with Gasteiger partial charge in [0.1, 0.15) is 0 Å². The van der Waals surface area contributed by atoms with Crippen molar-refractivity contribution in [2.75, 3.05) is 10.6 Å². The highest BCUT2D eigenvalue weighted by atomic mass is 35.5. The lowest BCUT2D eigenvalue weighted by Crippen LogP contribution is -2.10. The number of carbonyl (C=O) groups excluding carboxylic acids is 1. The Balaban J connectivity index is 1.66. The first-order chi connectivity index (χ1) is 12.6. The second kappa shape index (κ2) is 7.37. The van der Waals surface area contributed by atoms with Crippen molar-refractivity contribution in [1.29, 1.82) is 0 Å². The van der Waals surface area contributed by atoms with Gasteiger partial charge in [0, 0.05) is 21.4 Å². The first-order valence-corrected chi connectivity index (χ1v) is 9.75. The number of rotatable bonds is 4. The number of nitrogens with zero attached hydrogens (tertiary/aromatic N) is 1. The monoisotopic (exact) mass is 388 g/mol. The molecule has 0 atom stereocenters. The van der Waals surface area contributed by atoms with Gasteiger partial charge in [0.25, 0.3) is 0 Å². The molecule has 2 aliphatic rings. The van der Waals surface area contributed by atoms with E-state index in [1.54, 1.807) is 6.07 Å². The van der Waals surface area contributed by atoms with E-state index in [4.69, 9.17) is 23.2 Å². The highest BCUT2D eigenvalue weighted by Gasteiger charge is 2.23. The Morgan fingerprint density at radius 1 is 1.04 bits per heavy atom. The van der Waals surface area contributed by atoms with Crippen LogP contribution in [-0.4, -0.2) is 6.03 Å². The van der Waals surface area contributed by atoms with Gasteiger partial charge in [0.15, 0.2) is 0 Å². The van der Waals surface area contributed by atoms with Crippen LogP contribution in [0.2, 0.25) is 10.0 Å². The number of amides is 2. The summed E-state index contributed by atoms with van der Waals surface area (Å²) in [5.41, 5.74) is 4.41. The molecule has 1 aliphatic carbocycles. The summed E-state index contributed by atoms with van der Waals surface area (Å²) in [6.07, 6.45) is 7.44. The molecule has 2 aromatic rings. The van der Waals surface area contributed by atoms with Crippen molar-refractivity contribution < 1.29 is 4.79 Å². The van der Waals surface area contributed by atoms with Gasteiger partial charge in [-0.25, -0.2) is 4.79 Å². The van der Waals surface area contributed by atoms with E-state index in [0.29, 0.717) is 21.7 Å². The lowest BCUT2D eigenvalue weighted by molar-refractivity contribution is 0.256. The Bertz CT molecular complexity index is 827. The fourth-order valence-corrected chi connectivity index (χ4v) is 4.37. The van der Waals surface area contributed by atoms with Crippen molar-refractivity contribution in [2.24, 2.45) is 5.92 Å². The zero-order chi connectivity index (χ0) is 18.1. The molecule has 2 N–H and O–H groups in total. The van der Waals surface area contributed by atoms with Gasteiger partial charge in [-0.15, -0.1) is 0 Å². The summed E-state index contributed by atoms with van der Waals surface area (Å²) in [7, 11) is 0. The zero-order valence-electron chi connectivity index (χ0n) is 14.3. The fraction of sp³-hybridized carbons (Fsp3) is 0.350. The van der Waals surface area contributed by atoms with Gasteiger partial charge < -0.3 is 10.6 Å². The molecule has 2 aromatic carbocycles. The number of hydrogen-bond acceptors (Lipinski definition) is 2. The number of hydrogen-bond donors (Lipinski definition) is 2. The Morgan fingerprint density at radius 2 is 1.77 bits per heavy atom. The van der Waals surface area contributed by atoms with Crippen LogP contribution in [0.15, 0.2) is 30.3 Å². The van der Waals surface area contributed by atoms with Crippen LogP contribution < -0.4 is 16.0 Å². The van der Waals surface area contributed by atoms with Gasteiger partial charge >= 0.3 is 6.03 Å². The van der Waals surface area contributed by atoms with E-state index in [2.05, 4.69) is 16.0 Å². The summed E-state index contributed by atoms with van der Waals surface area (Å²) in [6.45, 7) is 0. The Hall–Kier alpha value is -1.91. The third-order valence-electron chi connectivity index (χ3n) is 5.06. The standard InChI is InChI=1S/C20H20Cl2N3O/c21-14-8-15(22)10-16(9-14)23-17-11-19-18(24-20(26)25-19)7-13(17)6-12-4-2-1-3-5-12/h7-12,23H,1-6H2,(H,24,26). The van der Waals surface area contributed by atoms with Gasteiger partial charge in [0.05, 0.1) is 11.4 Å². The number of nitrogens with one attached hydrogen (secondary N) is 2. The number of anilines is 3. The van der Waals surface area contributed by atoms with Crippen LogP contribution >= 0.6 is 23.2 Å². The molecule has 0 unspecified atom stereocenters. The molecule has 135 valence electrons. The molecule has 1 radical (unpaired) electrons. The van der Waals surface area contributed by atoms with Crippen LogP contribution in [-0.2, 0) is 6.42 Å². The highest BCUT2D eigenvalue weighted by molar-refractivity contribution is 6.35. The third-order valence-corrected chi connectivity index (χ3v) is 5.50. The summed E-state index contributed by atoms with van der Waals surface area (Å²) in [6, 6.07) is 9.05. The molecule has 4 nitrogen and oxygen atoms in total. The van der Waals surface area contributed by atoms with Gasteiger partial charge in [-0.2, -0.15) is 5.32 Å². The van der Waals surface area contributed by atoms with E-state index in [0.717, 1.165) is 23.5 Å². The van der Waals surface area contributed by atoms with Crippen molar-refractivity contribution >= 4 is 52.0 Å². The molecule has 1 fully saturated rings. The molecule has 4 rings (SSSR count). The van der Waals surface area contributed by atoms with Crippen LogP contribution in [0.1, 0.15) is 37.7 Å². The molecular weight excluding hydrogens is 369 g/mol. The van der Waals surface area contributed by atoms with Crippen LogP contribution in [0, 0.1) is 5.92 Å². The minimum atomic E-state index is -0.313. The summed E-state index contributed by atoms with van der Waals surface area (Å²) < 4.78 is 0. The average molecular weight is 389 g/mol. The Morgan fingerprint density at radius 3 is 2.50 bits per heavy atom. The van der Waals surface area contributed by atoms with Crippen LogP contribution in [0.25, 0.3) is 0 Å². The smallest absolute Gasteiger partial charge is 0.346 e. The summed E-state index contributed by atoms with van der Waals surface area (Å²) in [5, 5.41) is 11.4. The second-order valence-electron chi connectivity index (χ2n) is 7.06. The number of carbonyl (C=O) groups is 1. The highest BCUT2D eigenvalue weighted by Crippen LogP contribution is 2.38. The van der Waals surface area contributed by atoms with Gasteiger partial charge in [-0.05, 0) is 48.2 Å². The van der Waals surface area contributed by atoms with E-state index < -0.39 is 0 Å². The van der Waals surface area contributed by atoms with Crippen LogP contribution in [0.5, 0.6) is 0 Å².